The monoisotopic (exact) mass is 436 g/mol. The Bertz CT molecular complexity index is 1340. The highest BCUT2D eigenvalue weighted by Crippen LogP contribution is 2.30. The summed E-state index contributed by atoms with van der Waals surface area (Å²) in [5.74, 6) is -0.737. The number of hydrogen-bond donors (Lipinski definition) is 1. The van der Waals surface area contributed by atoms with Crippen molar-refractivity contribution in [3.05, 3.63) is 95.9 Å². The van der Waals surface area contributed by atoms with Crippen LogP contribution in [0.5, 0.6) is 0 Å². The van der Waals surface area contributed by atoms with Crippen molar-refractivity contribution in [3.8, 4) is 0 Å². The molecule has 0 aliphatic heterocycles. The second kappa shape index (κ2) is 8.35. The van der Waals surface area contributed by atoms with E-state index in [1.807, 2.05) is 31.2 Å². The fourth-order valence-electron chi connectivity index (χ4n) is 3.42. The third-order valence-electron chi connectivity index (χ3n) is 5.09. The molecule has 1 aromatic heterocycles. The van der Waals surface area contributed by atoms with Crippen LogP contribution in [0.1, 0.15) is 11.1 Å². The number of carbonyl (C=O) groups excluding carboxylic acids is 1. The summed E-state index contributed by atoms with van der Waals surface area (Å²) in [5, 5.41) is 3.38. The number of carbonyl (C=O) groups is 1. The quantitative estimate of drug-likeness (QED) is 0.460. The van der Waals surface area contributed by atoms with Crippen LogP contribution in [0.3, 0.4) is 0 Å². The van der Waals surface area contributed by atoms with Gasteiger partial charge in [-0.1, -0.05) is 48.0 Å². The maximum absolute atomic E-state index is 13.2. The molecule has 31 heavy (non-hydrogen) atoms. The number of benzene rings is 3. The molecule has 1 N–H and O–H groups in total. The Balaban J connectivity index is 1.61. The lowest BCUT2D eigenvalue weighted by molar-refractivity contribution is -0.121. The minimum Gasteiger partial charge on any atom is -0.350 e. The van der Waals surface area contributed by atoms with Crippen LogP contribution in [-0.2, 0) is 27.7 Å². The number of nitrogens with zero attached hydrogens (tertiary/aromatic N) is 1. The smallest absolute Gasteiger partial charge is 0.240 e. The minimum atomic E-state index is -3.88. The summed E-state index contributed by atoms with van der Waals surface area (Å²) in [6.07, 6.45) is 1.47. The van der Waals surface area contributed by atoms with E-state index in [0.29, 0.717) is 17.4 Å². The zero-order chi connectivity index (χ0) is 22.0. The second-order valence-corrected chi connectivity index (χ2v) is 9.28. The van der Waals surface area contributed by atoms with Crippen molar-refractivity contribution < 1.29 is 17.6 Å². The van der Waals surface area contributed by atoms with Gasteiger partial charge >= 0.3 is 0 Å². The van der Waals surface area contributed by atoms with Crippen LogP contribution >= 0.6 is 0 Å². The molecule has 0 radical (unpaired) electrons. The Kier molecular flexibility index (Phi) is 5.61. The third-order valence-corrected chi connectivity index (χ3v) is 6.89. The van der Waals surface area contributed by atoms with E-state index in [1.54, 1.807) is 28.8 Å². The highest BCUT2D eigenvalue weighted by Gasteiger charge is 2.24. The van der Waals surface area contributed by atoms with Gasteiger partial charge in [-0.25, -0.2) is 12.8 Å². The average Bonchev–Trinajstić information content (AvgIpc) is 3.13. The third kappa shape index (κ3) is 4.36. The molecule has 158 valence electrons. The first-order valence-electron chi connectivity index (χ1n) is 9.75. The number of fused-ring (bicyclic) bond motifs is 1. The zero-order valence-electron chi connectivity index (χ0n) is 16.9. The number of nitrogens with one attached hydrogen (secondary N) is 1. The molecule has 0 saturated heterocycles. The van der Waals surface area contributed by atoms with Crippen LogP contribution in [0.2, 0.25) is 0 Å². The van der Waals surface area contributed by atoms with E-state index < -0.39 is 15.7 Å². The maximum Gasteiger partial charge on any atom is 0.240 e. The lowest BCUT2D eigenvalue weighted by Crippen LogP contribution is -2.26. The summed E-state index contributed by atoms with van der Waals surface area (Å²) in [4.78, 5) is 12.6. The lowest BCUT2D eigenvalue weighted by atomic mass is 10.1. The van der Waals surface area contributed by atoms with E-state index in [9.17, 15) is 17.6 Å². The second-order valence-electron chi connectivity index (χ2n) is 7.36. The van der Waals surface area contributed by atoms with Gasteiger partial charge in [0, 0.05) is 23.6 Å². The van der Waals surface area contributed by atoms with E-state index in [1.165, 1.54) is 18.3 Å². The predicted molar refractivity (Wildman–Crippen MR) is 117 cm³/mol. The van der Waals surface area contributed by atoms with Crippen LogP contribution in [0.15, 0.2) is 88.8 Å². The van der Waals surface area contributed by atoms with Gasteiger partial charge in [-0.15, -0.1) is 0 Å². The van der Waals surface area contributed by atoms with Gasteiger partial charge in [-0.05, 0) is 42.8 Å². The molecular formula is C24H21FN2O3S. The molecule has 1 heterocycles. The van der Waals surface area contributed by atoms with Crippen molar-refractivity contribution in [3.63, 3.8) is 0 Å². The van der Waals surface area contributed by atoms with Crippen molar-refractivity contribution in [1.29, 1.82) is 0 Å². The van der Waals surface area contributed by atoms with E-state index >= 15 is 0 Å². The van der Waals surface area contributed by atoms with Crippen LogP contribution < -0.4 is 5.32 Å². The van der Waals surface area contributed by atoms with Crippen LogP contribution in [-0.4, -0.2) is 18.9 Å². The molecule has 1 amide bonds. The summed E-state index contributed by atoms with van der Waals surface area (Å²) < 4.78 is 41.2. The molecule has 0 saturated carbocycles. The summed E-state index contributed by atoms with van der Waals surface area (Å²) >= 11 is 0. The molecule has 0 bridgehead atoms. The fraction of sp³-hybridized carbons (Fsp3) is 0.125. The first-order chi connectivity index (χ1) is 14.8. The number of amides is 1. The van der Waals surface area contributed by atoms with Gasteiger partial charge in [-0.3, -0.25) is 4.79 Å². The predicted octanol–water partition coefficient (Wildman–Crippen LogP) is 4.24. The maximum atomic E-state index is 13.2. The Labute approximate surface area is 180 Å². The molecule has 0 aliphatic rings. The average molecular weight is 437 g/mol. The Morgan fingerprint density at radius 1 is 0.968 bits per heavy atom. The van der Waals surface area contributed by atoms with Crippen molar-refractivity contribution in [1.82, 2.24) is 9.88 Å². The number of rotatable bonds is 6. The SMILES string of the molecule is Cc1ccc(CNC(=O)Cn2cc(S(=O)(=O)c3ccc(F)cc3)c3ccccc32)cc1. The standard InChI is InChI=1S/C24H21FN2O3S/c1-17-6-8-18(9-7-17)14-26-24(28)16-27-15-23(21-4-2-3-5-22(21)27)31(29,30)20-12-10-19(25)11-13-20/h2-13,15H,14,16H2,1H3,(H,26,28). The van der Waals surface area contributed by atoms with Gasteiger partial charge in [0.2, 0.25) is 15.7 Å². The Morgan fingerprint density at radius 2 is 1.65 bits per heavy atom. The number of sulfone groups is 1. The summed E-state index contributed by atoms with van der Waals surface area (Å²) in [5.41, 5.74) is 2.76. The molecule has 7 heteroatoms. The Hall–Kier alpha value is -3.45. The van der Waals surface area contributed by atoms with E-state index in [0.717, 1.165) is 23.3 Å². The largest absolute Gasteiger partial charge is 0.350 e. The molecule has 0 atom stereocenters. The molecule has 4 aromatic rings. The molecule has 0 aliphatic carbocycles. The van der Waals surface area contributed by atoms with Crippen LogP contribution in [0.4, 0.5) is 4.39 Å². The summed E-state index contributed by atoms with van der Waals surface area (Å²) in [7, 11) is -3.88. The number of aryl methyl sites for hydroxylation is 1. The normalized spacial score (nSPS) is 11.5. The Morgan fingerprint density at radius 3 is 2.35 bits per heavy atom. The van der Waals surface area contributed by atoms with Gasteiger partial charge in [-0.2, -0.15) is 0 Å². The molecular weight excluding hydrogens is 415 g/mol. The van der Waals surface area contributed by atoms with Crippen molar-refractivity contribution in [2.24, 2.45) is 0 Å². The molecule has 3 aromatic carbocycles. The van der Waals surface area contributed by atoms with Gasteiger partial charge in [0.25, 0.3) is 0 Å². The highest BCUT2D eigenvalue weighted by molar-refractivity contribution is 7.91. The van der Waals surface area contributed by atoms with Gasteiger partial charge in [0.1, 0.15) is 12.4 Å². The van der Waals surface area contributed by atoms with E-state index in [-0.39, 0.29) is 22.2 Å². The first-order valence-corrected chi connectivity index (χ1v) is 11.2. The van der Waals surface area contributed by atoms with E-state index in [2.05, 4.69) is 5.32 Å². The molecule has 0 fully saturated rings. The molecule has 0 spiro atoms. The molecule has 4 rings (SSSR count). The van der Waals surface area contributed by atoms with E-state index in [4.69, 9.17) is 0 Å². The topological polar surface area (TPSA) is 68.2 Å². The zero-order valence-corrected chi connectivity index (χ0v) is 17.7. The van der Waals surface area contributed by atoms with Gasteiger partial charge in [0.05, 0.1) is 9.79 Å². The number of para-hydroxylation sites is 1. The minimum absolute atomic E-state index is 0.000579. The number of hydrogen-bond acceptors (Lipinski definition) is 3. The lowest BCUT2D eigenvalue weighted by Gasteiger charge is -2.08. The van der Waals surface area contributed by atoms with Gasteiger partial charge < -0.3 is 9.88 Å². The fourth-order valence-corrected chi connectivity index (χ4v) is 4.89. The number of aromatic nitrogens is 1. The summed E-state index contributed by atoms with van der Waals surface area (Å²) in [6, 6.07) is 19.6. The molecule has 5 nitrogen and oxygen atoms in total. The molecule has 0 unspecified atom stereocenters. The van der Waals surface area contributed by atoms with Crippen molar-refractivity contribution >= 4 is 26.6 Å². The van der Waals surface area contributed by atoms with Crippen LogP contribution in [0, 0.1) is 12.7 Å². The summed E-state index contributed by atoms with van der Waals surface area (Å²) in [6.45, 7) is 2.36. The van der Waals surface area contributed by atoms with Gasteiger partial charge in [0.15, 0.2) is 0 Å². The van der Waals surface area contributed by atoms with Crippen LogP contribution in [0.25, 0.3) is 10.9 Å². The highest BCUT2D eigenvalue weighted by atomic mass is 32.2. The van der Waals surface area contributed by atoms with Crippen molar-refractivity contribution in [2.45, 2.75) is 29.8 Å². The van der Waals surface area contributed by atoms with Crippen molar-refractivity contribution in [2.75, 3.05) is 0 Å². The number of halogens is 1. The first kappa shape index (κ1) is 20.8.